The lowest BCUT2D eigenvalue weighted by Gasteiger charge is -2.10. The minimum absolute atomic E-state index is 0.375. The van der Waals surface area contributed by atoms with Gasteiger partial charge in [-0.2, -0.15) is 5.10 Å². The number of hydrogen-bond acceptors (Lipinski definition) is 4. The summed E-state index contributed by atoms with van der Waals surface area (Å²) in [4.78, 5) is 11.2. The number of anilines is 1. The maximum Gasteiger partial charge on any atom is 0.156 e. The molecule has 2 N–H and O–H groups in total. The van der Waals surface area contributed by atoms with Crippen molar-refractivity contribution in [2.75, 3.05) is 12.8 Å². The van der Waals surface area contributed by atoms with Gasteiger partial charge < -0.3 is 10.5 Å². The predicted octanol–water partition coefficient (Wildman–Crippen LogP) is 2.11. The topological polar surface area (TPSA) is 70.1 Å². The van der Waals surface area contributed by atoms with Gasteiger partial charge >= 0.3 is 0 Å². The van der Waals surface area contributed by atoms with Crippen LogP contribution < -0.4 is 10.5 Å². The van der Waals surface area contributed by atoms with Gasteiger partial charge in [-0.1, -0.05) is 0 Å². The van der Waals surface area contributed by atoms with Crippen LogP contribution in [-0.4, -0.2) is 23.2 Å². The van der Waals surface area contributed by atoms with Gasteiger partial charge in [0, 0.05) is 12.6 Å². The molecule has 0 atom stereocenters. The maximum absolute atomic E-state index is 11.2. The van der Waals surface area contributed by atoms with Crippen molar-refractivity contribution in [1.29, 1.82) is 0 Å². The van der Waals surface area contributed by atoms with E-state index in [2.05, 4.69) is 5.10 Å². The molecule has 2 rings (SSSR count). The molecule has 0 fully saturated rings. The predicted molar refractivity (Wildman–Crippen MR) is 74.5 cm³/mol. The first-order chi connectivity index (χ1) is 8.99. The number of aryl methyl sites for hydroxylation is 3. The number of carbonyl (C=O) groups excluding carboxylic acids is 1. The molecule has 0 saturated carbocycles. The molecule has 0 amide bonds. The van der Waals surface area contributed by atoms with Crippen molar-refractivity contribution >= 4 is 12.1 Å². The van der Waals surface area contributed by atoms with Crippen molar-refractivity contribution in [2.45, 2.75) is 13.8 Å². The summed E-state index contributed by atoms with van der Waals surface area (Å²) < 4.78 is 6.75. The number of methoxy groups -OCH3 is 1. The maximum atomic E-state index is 11.2. The Morgan fingerprint density at radius 1 is 1.32 bits per heavy atom. The van der Waals surface area contributed by atoms with Crippen molar-refractivity contribution in [3.8, 4) is 17.0 Å². The molecular formula is C14H17N3O2. The van der Waals surface area contributed by atoms with Crippen molar-refractivity contribution in [3.05, 3.63) is 28.8 Å². The van der Waals surface area contributed by atoms with Crippen LogP contribution in [0.5, 0.6) is 5.75 Å². The highest BCUT2D eigenvalue weighted by Gasteiger charge is 2.18. The molecule has 0 aliphatic rings. The second-order valence-corrected chi connectivity index (χ2v) is 4.53. The van der Waals surface area contributed by atoms with E-state index >= 15 is 0 Å². The lowest BCUT2D eigenvalue weighted by molar-refractivity contribution is 0.112. The van der Waals surface area contributed by atoms with E-state index in [0.29, 0.717) is 17.1 Å². The van der Waals surface area contributed by atoms with Crippen molar-refractivity contribution in [3.63, 3.8) is 0 Å². The first-order valence-corrected chi connectivity index (χ1v) is 5.92. The molecule has 2 aromatic rings. The molecule has 5 nitrogen and oxygen atoms in total. The van der Waals surface area contributed by atoms with Crippen LogP contribution in [0.2, 0.25) is 0 Å². The van der Waals surface area contributed by atoms with E-state index in [1.165, 1.54) is 4.68 Å². The molecule has 0 aliphatic carbocycles. The summed E-state index contributed by atoms with van der Waals surface area (Å²) in [6.07, 6.45) is 0.751. The van der Waals surface area contributed by atoms with E-state index in [9.17, 15) is 4.79 Å². The Morgan fingerprint density at radius 3 is 2.37 bits per heavy atom. The van der Waals surface area contributed by atoms with Crippen LogP contribution in [0.25, 0.3) is 11.3 Å². The van der Waals surface area contributed by atoms with Crippen LogP contribution in [0.1, 0.15) is 21.5 Å². The van der Waals surface area contributed by atoms with Gasteiger partial charge in [0.05, 0.1) is 12.7 Å². The first-order valence-electron chi connectivity index (χ1n) is 5.92. The van der Waals surface area contributed by atoms with Crippen LogP contribution in [0.4, 0.5) is 5.82 Å². The summed E-state index contributed by atoms with van der Waals surface area (Å²) >= 11 is 0. The molecule has 0 aliphatic heterocycles. The third-order valence-electron chi connectivity index (χ3n) is 3.23. The Morgan fingerprint density at radius 2 is 1.89 bits per heavy atom. The number of nitrogen functional groups attached to an aromatic ring is 1. The molecule has 1 aromatic heterocycles. The number of rotatable bonds is 3. The zero-order valence-electron chi connectivity index (χ0n) is 11.5. The highest BCUT2D eigenvalue weighted by Crippen LogP contribution is 2.33. The number of nitrogens with two attached hydrogens (primary N) is 1. The third-order valence-corrected chi connectivity index (χ3v) is 3.23. The Hall–Kier alpha value is -2.30. The van der Waals surface area contributed by atoms with E-state index in [0.717, 1.165) is 28.7 Å². The van der Waals surface area contributed by atoms with Crippen LogP contribution in [0.3, 0.4) is 0 Å². The fraction of sp³-hybridized carbons (Fsp3) is 0.286. The summed E-state index contributed by atoms with van der Waals surface area (Å²) in [7, 11) is 3.35. The summed E-state index contributed by atoms with van der Waals surface area (Å²) in [6.45, 7) is 3.93. The van der Waals surface area contributed by atoms with Crippen LogP contribution >= 0.6 is 0 Å². The molecule has 1 aromatic carbocycles. The van der Waals surface area contributed by atoms with Crippen molar-refractivity contribution in [2.24, 2.45) is 7.05 Å². The number of ether oxygens (including phenoxy) is 1. The zero-order valence-corrected chi connectivity index (χ0v) is 11.5. The fourth-order valence-electron chi connectivity index (χ4n) is 2.27. The monoisotopic (exact) mass is 259 g/mol. The number of benzene rings is 1. The van der Waals surface area contributed by atoms with E-state index in [-0.39, 0.29) is 0 Å². The third kappa shape index (κ3) is 2.07. The largest absolute Gasteiger partial charge is 0.497 e. The van der Waals surface area contributed by atoms with Gasteiger partial charge in [-0.25, -0.2) is 0 Å². The Bertz CT molecular complexity index is 621. The normalized spacial score (nSPS) is 10.5. The summed E-state index contributed by atoms with van der Waals surface area (Å²) in [6, 6.07) is 3.84. The van der Waals surface area contributed by atoms with E-state index < -0.39 is 0 Å². The molecule has 100 valence electrons. The summed E-state index contributed by atoms with van der Waals surface area (Å²) in [5.41, 5.74) is 9.82. The average molecular weight is 259 g/mol. The molecule has 0 radical (unpaired) electrons. The second kappa shape index (κ2) is 4.76. The molecule has 0 saturated heterocycles. The Kier molecular flexibility index (Phi) is 3.29. The molecular weight excluding hydrogens is 242 g/mol. The second-order valence-electron chi connectivity index (χ2n) is 4.53. The number of carbonyl (C=O) groups is 1. The van der Waals surface area contributed by atoms with Gasteiger partial charge in [-0.15, -0.1) is 0 Å². The van der Waals surface area contributed by atoms with Crippen LogP contribution in [-0.2, 0) is 7.05 Å². The lowest BCUT2D eigenvalue weighted by Crippen LogP contribution is -1.98. The van der Waals surface area contributed by atoms with Gasteiger partial charge in [0.1, 0.15) is 17.3 Å². The number of aromatic nitrogens is 2. The summed E-state index contributed by atoms with van der Waals surface area (Å²) in [5, 5.41) is 4.35. The average Bonchev–Trinajstić information content (AvgIpc) is 2.64. The van der Waals surface area contributed by atoms with Gasteiger partial charge in [0.15, 0.2) is 6.29 Å². The van der Waals surface area contributed by atoms with E-state index in [4.69, 9.17) is 10.5 Å². The SMILES string of the molecule is COc1cc(C)c(-c2nn(C)c(N)c2C=O)c(C)c1. The Labute approximate surface area is 112 Å². The molecule has 19 heavy (non-hydrogen) atoms. The van der Waals surface area contributed by atoms with Crippen LogP contribution in [0.15, 0.2) is 12.1 Å². The van der Waals surface area contributed by atoms with Gasteiger partial charge in [-0.05, 0) is 37.1 Å². The first kappa shape index (κ1) is 13.1. The number of nitrogens with zero attached hydrogens (tertiary/aromatic N) is 2. The highest BCUT2D eigenvalue weighted by atomic mass is 16.5. The molecule has 0 unspecified atom stereocenters. The molecule has 5 heteroatoms. The smallest absolute Gasteiger partial charge is 0.156 e. The quantitative estimate of drug-likeness (QED) is 0.857. The lowest BCUT2D eigenvalue weighted by atomic mass is 9.97. The summed E-state index contributed by atoms with van der Waals surface area (Å²) in [5.74, 6) is 1.16. The van der Waals surface area contributed by atoms with Crippen LogP contribution in [0, 0.1) is 13.8 Å². The Balaban J connectivity index is 2.72. The van der Waals surface area contributed by atoms with Crippen molar-refractivity contribution in [1.82, 2.24) is 9.78 Å². The van der Waals surface area contributed by atoms with Gasteiger partial charge in [0.25, 0.3) is 0 Å². The highest BCUT2D eigenvalue weighted by molar-refractivity contribution is 5.93. The number of aldehydes is 1. The molecule has 0 bridgehead atoms. The standard InChI is InChI=1S/C14H17N3O2/c1-8-5-10(19-4)6-9(2)12(8)13-11(7-18)14(15)17(3)16-13/h5-7H,15H2,1-4H3. The minimum atomic E-state index is 0.375. The zero-order chi connectivity index (χ0) is 14.2. The van der Waals surface area contributed by atoms with Gasteiger partial charge in [-0.3, -0.25) is 9.48 Å². The van der Waals surface area contributed by atoms with Gasteiger partial charge in [0.2, 0.25) is 0 Å². The number of hydrogen-bond donors (Lipinski definition) is 1. The fourth-order valence-corrected chi connectivity index (χ4v) is 2.27. The van der Waals surface area contributed by atoms with E-state index in [1.54, 1.807) is 14.2 Å². The molecule has 0 spiro atoms. The van der Waals surface area contributed by atoms with E-state index in [1.807, 2.05) is 26.0 Å². The minimum Gasteiger partial charge on any atom is -0.497 e. The van der Waals surface area contributed by atoms with Crippen molar-refractivity contribution < 1.29 is 9.53 Å². The molecule has 1 heterocycles.